The molecule has 362 valence electrons. The van der Waals surface area contributed by atoms with E-state index in [-0.39, 0.29) is 24.7 Å². The maximum atomic E-state index is 14.3. The summed E-state index contributed by atoms with van der Waals surface area (Å²) < 4.78 is 0. The van der Waals surface area contributed by atoms with Crippen molar-refractivity contribution in [1.82, 2.24) is 19.6 Å². The second kappa shape index (κ2) is 22.1. The van der Waals surface area contributed by atoms with Crippen LogP contribution in [0.1, 0.15) is 44.5 Å². The van der Waals surface area contributed by atoms with Crippen LogP contribution in [0.25, 0.3) is 43.1 Å². The van der Waals surface area contributed by atoms with E-state index in [2.05, 4.69) is 58.3 Å². The molecular formula is C60H60B2N4O6. The molecule has 9 aromatic rings. The number of carbonyl (C=O) groups excluding carboxylic acids is 2. The Labute approximate surface area is 422 Å². The Morgan fingerprint density at radius 2 is 0.569 bits per heavy atom. The lowest BCUT2D eigenvalue weighted by Gasteiger charge is -2.25. The molecule has 0 aromatic heterocycles. The van der Waals surface area contributed by atoms with E-state index in [0.717, 1.165) is 87.6 Å². The van der Waals surface area contributed by atoms with Crippen LogP contribution in [0.15, 0.2) is 170 Å². The SMILES string of the molecule is CN(Cc1ccccc1B(O)O)Cc1c2ccccc2c(CN(C)C(=O)Cc2ccccc2CC(=O)N(C)Cc2c3ccccc3c(CN(C)Cc3ccccc3B(O)O)c3ccccc23)c2ccccc12. The normalized spacial score (nSPS) is 11.6. The lowest BCUT2D eigenvalue weighted by atomic mass is 9.77. The van der Waals surface area contributed by atoms with Gasteiger partial charge in [-0.1, -0.05) is 170 Å². The first-order chi connectivity index (χ1) is 34.9. The molecule has 9 aromatic carbocycles. The van der Waals surface area contributed by atoms with Crippen molar-refractivity contribution in [2.75, 3.05) is 28.2 Å². The lowest BCUT2D eigenvalue weighted by molar-refractivity contribution is -0.130. The van der Waals surface area contributed by atoms with Gasteiger partial charge in [0.25, 0.3) is 0 Å². The number of benzene rings is 9. The molecule has 0 fully saturated rings. The van der Waals surface area contributed by atoms with E-state index in [1.165, 1.54) is 0 Å². The molecule has 0 bridgehead atoms. The Morgan fingerprint density at radius 3 is 0.847 bits per heavy atom. The fraction of sp³-hybridized carbons (Fsp3) is 0.200. The average molecular weight is 955 g/mol. The molecule has 12 heteroatoms. The highest BCUT2D eigenvalue weighted by molar-refractivity contribution is 6.59. The highest BCUT2D eigenvalue weighted by Crippen LogP contribution is 2.36. The fourth-order valence-electron chi connectivity index (χ4n) is 10.5. The number of hydrogen-bond acceptors (Lipinski definition) is 8. The zero-order valence-corrected chi connectivity index (χ0v) is 41.4. The summed E-state index contributed by atoms with van der Waals surface area (Å²) in [5, 5.41) is 48.8. The minimum absolute atomic E-state index is 0.0520. The zero-order valence-electron chi connectivity index (χ0n) is 41.4. The highest BCUT2D eigenvalue weighted by atomic mass is 16.4. The second-order valence-electron chi connectivity index (χ2n) is 19.2. The maximum absolute atomic E-state index is 14.3. The Bertz CT molecular complexity index is 3100. The Kier molecular flexibility index (Phi) is 15.3. The van der Waals surface area contributed by atoms with Crippen molar-refractivity contribution in [3.8, 4) is 0 Å². The molecule has 0 aliphatic carbocycles. The van der Waals surface area contributed by atoms with Gasteiger partial charge in [0.05, 0.1) is 12.8 Å². The Hall–Kier alpha value is -7.15. The summed E-state index contributed by atoms with van der Waals surface area (Å²) in [4.78, 5) is 36.6. The van der Waals surface area contributed by atoms with Gasteiger partial charge in [-0.25, -0.2) is 0 Å². The average Bonchev–Trinajstić information content (AvgIpc) is 3.38. The molecule has 0 atom stereocenters. The topological polar surface area (TPSA) is 128 Å². The van der Waals surface area contributed by atoms with Gasteiger partial charge < -0.3 is 29.9 Å². The predicted octanol–water partition coefficient (Wildman–Crippen LogP) is 7.33. The third kappa shape index (κ3) is 10.7. The van der Waals surface area contributed by atoms with Crippen molar-refractivity contribution in [2.24, 2.45) is 0 Å². The lowest BCUT2D eigenvalue weighted by Crippen LogP contribution is -2.35. The maximum Gasteiger partial charge on any atom is 0.488 e. The first kappa shape index (κ1) is 49.8. The summed E-state index contributed by atoms with van der Waals surface area (Å²) in [5.41, 5.74) is 8.78. The van der Waals surface area contributed by atoms with Crippen molar-refractivity contribution in [1.29, 1.82) is 0 Å². The van der Waals surface area contributed by atoms with E-state index in [4.69, 9.17) is 0 Å². The van der Waals surface area contributed by atoms with E-state index in [1.807, 2.05) is 137 Å². The van der Waals surface area contributed by atoms with E-state index in [9.17, 15) is 29.7 Å². The fourth-order valence-corrected chi connectivity index (χ4v) is 10.5. The van der Waals surface area contributed by atoms with Crippen LogP contribution < -0.4 is 10.9 Å². The van der Waals surface area contributed by atoms with Gasteiger partial charge in [-0.05, 0) is 113 Å². The number of amides is 2. The van der Waals surface area contributed by atoms with Crippen LogP contribution in [0.5, 0.6) is 0 Å². The molecule has 0 spiro atoms. The number of hydrogen-bond donors (Lipinski definition) is 4. The minimum atomic E-state index is -1.55. The van der Waals surface area contributed by atoms with Crippen molar-refractivity contribution < 1.29 is 29.7 Å². The summed E-state index contributed by atoms with van der Waals surface area (Å²) in [6, 6.07) is 55.9. The number of rotatable bonds is 18. The van der Waals surface area contributed by atoms with Crippen molar-refractivity contribution in [3.05, 3.63) is 214 Å². The molecule has 4 N–H and O–H groups in total. The molecule has 2 amide bonds. The third-order valence-corrected chi connectivity index (χ3v) is 14.2. The van der Waals surface area contributed by atoms with Crippen LogP contribution in [-0.4, -0.2) is 93.9 Å². The summed E-state index contributed by atoms with van der Waals surface area (Å²) in [6.45, 7) is 3.06. The molecule has 0 heterocycles. The number of nitrogens with zero attached hydrogens (tertiary/aromatic N) is 4. The monoisotopic (exact) mass is 954 g/mol. The van der Waals surface area contributed by atoms with Gasteiger partial charge in [0.15, 0.2) is 0 Å². The van der Waals surface area contributed by atoms with Crippen LogP contribution in [-0.2, 0) is 61.7 Å². The van der Waals surface area contributed by atoms with Crippen LogP contribution in [0, 0.1) is 0 Å². The first-order valence-corrected chi connectivity index (χ1v) is 24.5. The summed E-state index contributed by atoms with van der Waals surface area (Å²) in [5.74, 6) is -0.104. The summed E-state index contributed by atoms with van der Waals surface area (Å²) in [7, 11) is 4.67. The first-order valence-electron chi connectivity index (χ1n) is 24.5. The predicted molar refractivity (Wildman–Crippen MR) is 293 cm³/mol. The van der Waals surface area contributed by atoms with Gasteiger partial charge in [-0.3, -0.25) is 19.4 Å². The van der Waals surface area contributed by atoms with Gasteiger partial charge in [-0.2, -0.15) is 0 Å². The smallest absolute Gasteiger partial charge is 0.423 e. The molecule has 72 heavy (non-hydrogen) atoms. The molecular weight excluding hydrogens is 894 g/mol. The van der Waals surface area contributed by atoms with Crippen LogP contribution >= 0.6 is 0 Å². The molecule has 0 radical (unpaired) electrons. The Morgan fingerprint density at radius 1 is 0.333 bits per heavy atom. The molecule has 9 rings (SSSR count). The van der Waals surface area contributed by atoms with Gasteiger partial charge >= 0.3 is 14.2 Å². The van der Waals surface area contributed by atoms with E-state index >= 15 is 0 Å². The largest absolute Gasteiger partial charge is 0.488 e. The van der Waals surface area contributed by atoms with Gasteiger partial charge in [0, 0.05) is 53.4 Å². The minimum Gasteiger partial charge on any atom is -0.423 e. The van der Waals surface area contributed by atoms with Crippen molar-refractivity contribution in [3.63, 3.8) is 0 Å². The number of likely N-dealkylation sites (N-methyl/N-ethyl adjacent to an activating group) is 2. The van der Waals surface area contributed by atoms with Gasteiger partial charge in [-0.15, -0.1) is 0 Å². The second-order valence-corrected chi connectivity index (χ2v) is 19.2. The molecule has 0 saturated heterocycles. The number of carbonyl (C=O) groups is 2. The standard InChI is InChI=1S/C60H60B2N4O6/c1-63(35-43-21-7-17-31-57(43)61(69)70)37-53-45-23-9-13-27-49(45)55(50-28-14-10-24-46(50)53)39-65(3)59(67)33-41-19-5-6-20-42(41)34-60(68)66(4)40-56-51-29-15-11-25-47(51)54(48-26-12-16-30-52(48)56)38-64(2)36-44-22-8-18-32-58(44)62(71)72/h5-32,69-72H,33-40H2,1-4H3. The van der Waals surface area contributed by atoms with Crippen molar-refractivity contribution >= 4 is 80.1 Å². The number of fused-ring (bicyclic) bond motifs is 4. The van der Waals surface area contributed by atoms with Gasteiger partial charge in [0.2, 0.25) is 11.8 Å². The molecule has 0 saturated carbocycles. The van der Waals surface area contributed by atoms with E-state index in [1.54, 1.807) is 21.9 Å². The van der Waals surface area contributed by atoms with Crippen LogP contribution in [0.3, 0.4) is 0 Å². The van der Waals surface area contributed by atoms with E-state index in [0.29, 0.717) is 50.2 Å². The molecule has 0 unspecified atom stereocenters. The molecule has 0 aliphatic rings. The molecule has 10 nitrogen and oxygen atoms in total. The summed E-state index contributed by atoms with van der Waals surface area (Å²) in [6.07, 6.45) is 0.285. The van der Waals surface area contributed by atoms with Crippen LogP contribution in [0.4, 0.5) is 0 Å². The third-order valence-electron chi connectivity index (χ3n) is 14.2. The van der Waals surface area contributed by atoms with Gasteiger partial charge in [0.1, 0.15) is 0 Å². The Balaban J connectivity index is 0.919. The molecule has 0 aliphatic heterocycles. The van der Waals surface area contributed by atoms with Crippen LogP contribution in [0.2, 0.25) is 0 Å². The van der Waals surface area contributed by atoms with E-state index < -0.39 is 14.2 Å². The highest BCUT2D eigenvalue weighted by Gasteiger charge is 2.24. The zero-order chi connectivity index (χ0) is 50.5. The summed E-state index contributed by atoms with van der Waals surface area (Å²) >= 11 is 0. The quantitative estimate of drug-likeness (QED) is 0.0521. The van der Waals surface area contributed by atoms with Crippen molar-refractivity contribution in [2.45, 2.75) is 52.1 Å².